The number of aliphatic imine (C=N–C) groups is 1. The molecule has 84 valence electrons. The van der Waals surface area contributed by atoms with Crippen LogP contribution >= 0.6 is 0 Å². The number of esters is 1. The second kappa shape index (κ2) is 3.90. The lowest BCUT2D eigenvalue weighted by Crippen LogP contribution is -2.08. The van der Waals surface area contributed by atoms with Crippen molar-refractivity contribution in [3.63, 3.8) is 0 Å². The van der Waals surface area contributed by atoms with Gasteiger partial charge in [-0.1, -0.05) is 18.2 Å². The molecule has 1 aliphatic heterocycles. The predicted octanol–water partition coefficient (Wildman–Crippen LogP) is 2.32. The molecule has 0 bridgehead atoms. The van der Waals surface area contributed by atoms with E-state index in [0.29, 0.717) is 11.7 Å². The maximum Gasteiger partial charge on any atom is 0.345 e. The molecule has 0 saturated heterocycles. The Morgan fingerprint density at radius 3 is 2.59 bits per heavy atom. The van der Waals surface area contributed by atoms with Crippen LogP contribution in [0.3, 0.4) is 0 Å². The molecule has 4 nitrogen and oxygen atoms in total. The van der Waals surface area contributed by atoms with Gasteiger partial charge in [-0.3, -0.25) is 0 Å². The summed E-state index contributed by atoms with van der Waals surface area (Å²) in [4.78, 5) is 15.9. The molecule has 0 N–H and O–H groups in total. The first kappa shape index (κ1) is 9.84. The molecular weight excluding hydrogens is 218 g/mol. The third kappa shape index (κ3) is 1.73. The number of rotatable bonds is 2. The smallest absolute Gasteiger partial charge is 0.345 e. The van der Waals surface area contributed by atoms with Crippen LogP contribution in [0.2, 0.25) is 0 Å². The number of carbonyl (C=O) groups is 1. The summed E-state index contributed by atoms with van der Waals surface area (Å²) in [6, 6.07) is 12.1. The summed E-state index contributed by atoms with van der Waals surface area (Å²) < 4.78 is 10.3. The quantitative estimate of drug-likeness (QED) is 0.740. The molecule has 2 heterocycles. The third-order valence-electron chi connectivity index (χ3n) is 2.50. The molecule has 0 amide bonds. The molecule has 4 heteroatoms. The lowest BCUT2D eigenvalue weighted by molar-refractivity contribution is -0.135. The van der Waals surface area contributed by atoms with E-state index in [2.05, 4.69) is 4.99 Å². The molecule has 17 heavy (non-hydrogen) atoms. The fourth-order valence-electron chi connectivity index (χ4n) is 1.69. The van der Waals surface area contributed by atoms with Gasteiger partial charge in [-0.2, -0.15) is 0 Å². The molecule has 0 spiro atoms. The molecule has 1 aromatic carbocycles. The average molecular weight is 227 g/mol. The van der Waals surface area contributed by atoms with Crippen LogP contribution in [-0.4, -0.2) is 11.9 Å². The molecule has 1 unspecified atom stereocenters. The van der Waals surface area contributed by atoms with Gasteiger partial charge in [0.2, 0.25) is 11.9 Å². The van der Waals surface area contributed by atoms with E-state index in [1.807, 2.05) is 30.3 Å². The summed E-state index contributed by atoms with van der Waals surface area (Å²) in [7, 11) is 0. The van der Waals surface area contributed by atoms with Crippen molar-refractivity contribution in [2.45, 2.75) is 6.04 Å². The van der Waals surface area contributed by atoms with Crippen molar-refractivity contribution in [1.29, 1.82) is 0 Å². The minimum atomic E-state index is -0.680. The minimum absolute atomic E-state index is 0.344. The molecule has 2 aromatic rings. The number of nitrogens with zero attached hydrogens (tertiary/aromatic N) is 1. The van der Waals surface area contributed by atoms with Crippen molar-refractivity contribution < 1.29 is 13.9 Å². The minimum Gasteiger partial charge on any atom is -0.466 e. The standard InChI is InChI=1S/C13H9NO3/c15-13-11(10-7-4-8-16-10)14-12(17-13)9-5-2-1-3-6-9/h1-8,11H. The summed E-state index contributed by atoms with van der Waals surface area (Å²) in [5, 5.41) is 0. The van der Waals surface area contributed by atoms with Crippen molar-refractivity contribution in [3.05, 3.63) is 60.1 Å². The third-order valence-corrected chi connectivity index (χ3v) is 2.50. The van der Waals surface area contributed by atoms with Crippen LogP contribution in [0.1, 0.15) is 17.4 Å². The van der Waals surface area contributed by atoms with Crippen LogP contribution in [0.5, 0.6) is 0 Å². The van der Waals surface area contributed by atoms with E-state index in [0.717, 1.165) is 5.56 Å². The van der Waals surface area contributed by atoms with Crippen LogP contribution in [-0.2, 0) is 9.53 Å². The average Bonchev–Trinajstić information content (AvgIpc) is 2.99. The fraction of sp³-hybridized carbons (Fsp3) is 0.0769. The van der Waals surface area contributed by atoms with Crippen molar-refractivity contribution in [1.82, 2.24) is 0 Å². The highest BCUT2D eigenvalue weighted by Crippen LogP contribution is 2.26. The van der Waals surface area contributed by atoms with Crippen LogP contribution in [0.4, 0.5) is 0 Å². The Kier molecular flexibility index (Phi) is 2.26. The topological polar surface area (TPSA) is 51.8 Å². The molecule has 3 rings (SSSR count). The van der Waals surface area contributed by atoms with Gasteiger partial charge in [0, 0.05) is 5.56 Å². The largest absolute Gasteiger partial charge is 0.466 e. The van der Waals surface area contributed by atoms with Crippen LogP contribution in [0.15, 0.2) is 58.1 Å². The first-order valence-electron chi connectivity index (χ1n) is 5.23. The number of hydrogen-bond donors (Lipinski definition) is 0. The summed E-state index contributed by atoms with van der Waals surface area (Å²) in [5.74, 6) is 0.441. The van der Waals surface area contributed by atoms with Gasteiger partial charge in [0.1, 0.15) is 5.76 Å². The van der Waals surface area contributed by atoms with Crippen LogP contribution in [0, 0.1) is 0 Å². The summed E-state index contributed by atoms with van der Waals surface area (Å²) >= 11 is 0. The Bertz CT molecular complexity index is 558. The van der Waals surface area contributed by atoms with Crippen LogP contribution in [0.25, 0.3) is 0 Å². The zero-order valence-electron chi connectivity index (χ0n) is 8.87. The van der Waals surface area contributed by atoms with E-state index in [1.54, 1.807) is 12.1 Å². The summed E-state index contributed by atoms with van der Waals surface area (Å²) in [6.45, 7) is 0. The molecule has 0 fully saturated rings. The van der Waals surface area contributed by atoms with Crippen LogP contribution < -0.4 is 0 Å². The zero-order valence-corrected chi connectivity index (χ0v) is 8.87. The van der Waals surface area contributed by atoms with Gasteiger partial charge in [0.25, 0.3) is 0 Å². The van der Waals surface area contributed by atoms with Gasteiger partial charge in [-0.25, -0.2) is 9.79 Å². The number of carbonyl (C=O) groups excluding carboxylic acids is 1. The normalized spacial score (nSPS) is 18.9. The Morgan fingerprint density at radius 2 is 1.88 bits per heavy atom. The van der Waals surface area contributed by atoms with E-state index in [4.69, 9.17) is 9.15 Å². The Morgan fingerprint density at radius 1 is 1.06 bits per heavy atom. The molecule has 0 radical (unpaired) electrons. The Balaban J connectivity index is 1.95. The SMILES string of the molecule is O=C1OC(c2ccccc2)=NC1c1ccco1. The number of furan rings is 1. The second-order valence-corrected chi connectivity index (χ2v) is 3.64. The summed E-state index contributed by atoms with van der Waals surface area (Å²) in [6.07, 6.45) is 1.51. The van der Waals surface area contributed by atoms with Gasteiger partial charge in [-0.05, 0) is 24.3 Å². The van der Waals surface area contributed by atoms with E-state index in [1.165, 1.54) is 6.26 Å². The molecule has 1 atom stereocenters. The molecular formula is C13H9NO3. The number of benzene rings is 1. The maximum absolute atomic E-state index is 11.7. The predicted molar refractivity (Wildman–Crippen MR) is 60.5 cm³/mol. The number of ether oxygens (including phenoxy) is 1. The monoisotopic (exact) mass is 227 g/mol. The fourth-order valence-corrected chi connectivity index (χ4v) is 1.69. The van der Waals surface area contributed by atoms with Gasteiger partial charge < -0.3 is 9.15 Å². The highest BCUT2D eigenvalue weighted by molar-refractivity contribution is 6.06. The lowest BCUT2D eigenvalue weighted by atomic mass is 10.2. The second-order valence-electron chi connectivity index (χ2n) is 3.64. The zero-order chi connectivity index (χ0) is 11.7. The Labute approximate surface area is 97.5 Å². The molecule has 1 aliphatic rings. The summed E-state index contributed by atoms with van der Waals surface area (Å²) in [5.41, 5.74) is 0.787. The maximum atomic E-state index is 11.7. The first-order valence-corrected chi connectivity index (χ1v) is 5.23. The van der Waals surface area contributed by atoms with Crippen molar-refractivity contribution in [2.75, 3.05) is 0 Å². The van der Waals surface area contributed by atoms with Crippen molar-refractivity contribution in [3.8, 4) is 0 Å². The van der Waals surface area contributed by atoms with Gasteiger partial charge in [0.05, 0.1) is 6.26 Å². The highest BCUT2D eigenvalue weighted by atomic mass is 16.6. The lowest BCUT2D eigenvalue weighted by Gasteiger charge is -1.98. The van der Waals surface area contributed by atoms with Gasteiger partial charge in [0.15, 0.2) is 0 Å². The number of hydrogen-bond acceptors (Lipinski definition) is 4. The van der Waals surface area contributed by atoms with Crippen molar-refractivity contribution in [2.24, 2.45) is 4.99 Å². The molecule has 0 aliphatic carbocycles. The van der Waals surface area contributed by atoms with E-state index < -0.39 is 12.0 Å². The van der Waals surface area contributed by atoms with E-state index in [-0.39, 0.29) is 0 Å². The number of cyclic esters (lactones) is 1. The van der Waals surface area contributed by atoms with E-state index >= 15 is 0 Å². The van der Waals surface area contributed by atoms with E-state index in [9.17, 15) is 4.79 Å². The van der Waals surface area contributed by atoms with Gasteiger partial charge >= 0.3 is 5.97 Å². The van der Waals surface area contributed by atoms with Crippen molar-refractivity contribution >= 4 is 11.9 Å². The molecule has 0 saturated carbocycles. The molecule has 1 aromatic heterocycles. The Hall–Kier alpha value is -2.36. The van der Waals surface area contributed by atoms with Gasteiger partial charge in [-0.15, -0.1) is 0 Å². The highest BCUT2D eigenvalue weighted by Gasteiger charge is 2.32. The first-order chi connectivity index (χ1) is 8.34.